The molecule has 7 nitrogen and oxygen atoms in total. The first kappa shape index (κ1) is 17.3. The number of esters is 1. The molecule has 0 bridgehead atoms. The number of carbonyl (C=O) groups is 1. The second-order valence-corrected chi connectivity index (χ2v) is 5.88. The van der Waals surface area contributed by atoms with Crippen molar-refractivity contribution >= 4 is 5.97 Å². The van der Waals surface area contributed by atoms with Crippen LogP contribution in [0.15, 0.2) is 30.3 Å². The first-order chi connectivity index (χ1) is 11.5. The van der Waals surface area contributed by atoms with Crippen molar-refractivity contribution in [1.82, 2.24) is 0 Å². The smallest absolute Gasteiger partial charge is 0.303 e. The summed E-state index contributed by atoms with van der Waals surface area (Å²) in [6, 6.07) is 9.80. The van der Waals surface area contributed by atoms with Crippen molar-refractivity contribution in [1.29, 1.82) is 0 Å². The molecular formula is C17H22O7. The summed E-state index contributed by atoms with van der Waals surface area (Å²) >= 11 is 0. The fourth-order valence-electron chi connectivity index (χ4n) is 2.83. The predicted octanol–water partition coefficient (Wildman–Crippen LogP) is 1.60. The summed E-state index contributed by atoms with van der Waals surface area (Å²) in [7, 11) is 1.47. The van der Waals surface area contributed by atoms with Crippen molar-refractivity contribution in [2.45, 2.75) is 51.0 Å². The van der Waals surface area contributed by atoms with E-state index in [1.807, 2.05) is 30.3 Å². The maximum Gasteiger partial charge on any atom is 0.303 e. The van der Waals surface area contributed by atoms with Gasteiger partial charge in [0.15, 0.2) is 18.5 Å². The topological polar surface area (TPSA) is 72.5 Å². The van der Waals surface area contributed by atoms with E-state index in [1.54, 1.807) is 6.92 Å². The lowest BCUT2D eigenvalue weighted by Crippen LogP contribution is -2.41. The van der Waals surface area contributed by atoms with Gasteiger partial charge in [0.1, 0.15) is 6.10 Å². The molecule has 0 N–H and O–H groups in total. The number of rotatable bonds is 6. The lowest BCUT2D eigenvalue weighted by atomic mass is 10.1. The molecule has 1 unspecified atom stereocenters. The lowest BCUT2D eigenvalue weighted by Gasteiger charge is -2.26. The summed E-state index contributed by atoms with van der Waals surface area (Å²) in [4.78, 5) is 11.4. The maximum atomic E-state index is 11.4. The van der Waals surface area contributed by atoms with Crippen LogP contribution in [0.2, 0.25) is 0 Å². The molecule has 5 atom stereocenters. The molecule has 2 heterocycles. The SMILES string of the molecule is COC1(C)O[C@H]2O[C@H](COCc3ccccc3)[C@@H](OC(C)=O)[C@H]2O1. The quantitative estimate of drug-likeness (QED) is 0.729. The Labute approximate surface area is 140 Å². The van der Waals surface area contributed by atoms with Gasteiger partial charge in [-0.25, -0.2) is 0 Å². The monoisotopic (exact) mass is 338 g/mol. The number of ether oxygens (including phenoxy) is 6. The molecule has 24 heavy (non-hydrogen) atoms. The molecule has 0 radical (unpaired) electrons. The van der Waals surface area contributed by atoms with Crippen molar-refractivity contribution < 1.29 is 33.2 Å². The van der Waals surface area contributed by atoms with Crippen LogP contribution >= 0.6 is 0 Å². The maximum absolute atomic E-state index is 11.4. The Morgan fingerprint density at radius 3 is 2.67 bits per heavy atom. The molecule has 7 heteroatoms. The number of methoxy groups -OCH3 is 1. The summed E-state index contributed by atoms with van der Waals surface area (Å²) < 4.78 is 33.4. The van der Waals surface area contributed by atoms with Crippen LogP contribution in [0.3, 0.4) is 0 Å². The van der Waals surface area contributed by atoms with Crippen molar-refractivity contribution in [2.24, 2.45) is 0 Å². The zero-order chi connectivity index (χ0) is 17.2. The highest BCUT2D eigenvalue weighted by Crippen LogP contribution is 2.39. The van der Waals surface area contributed by atoms with Gasteiger partial charge >= 0.3 is 5.97 Å². The first-order valence-electron chi connectivity index (χ1n) is 7.86. The van der Waals surface area contributed by atoms with Gasteiger partial charge in [-0.05, 0) is 5.56 Å². The van der Waals surface area contributed by atoms with E-state index >= 15 is 0 Å². The van der Waals surface area contributed by atoms with E-state index in [9.17, 15) is 4.79 Å². The van der Waals surface area contributed by atoms with E-state index in [4.69, 9.17) is 28.4 Å². The Morgan fingerprint density at radius 2 is 2.00 bits per heavy atom. The molecule has 2 fully saturated rings. The van der Waals surface area contributed by atoms with Crippen molar-refractivity contribution in [3.63, 3.8) is 0 Å². The summed E-state index contributed by atoms with van der Waals surface area (Å²) in [5.41, 5.74) is 1.05. The third-order valence-corrected chi connectivity index (χ3v) is 4.01. The number of hydrogen-bond donors (Lipinski definition) is 0. The fraction of sp³-hybridized carbons (Fsp3) is 0.588. The van der Waals surface area contributed by atoms with Gasteiger partial charge in [-0.1, -0.05) is 30.3 Å². The van der Waals surface area contributed by atoms with Gasteiger partial charge in [0.05, 0.1) is 13.2 Å². The highest BCUT2D eigenvalue weighted by Gasteiger charge is 2.58. The van der Waals surface area contributed by atoms with E-state index in [0.29, 0.717) is 6.61 Å². The molecule has 2 aliphatic rings. The Balaban J connectivity index is 1.60. The summed E-state index contributed by atoms with van der Waals surface area (Å²) in [5, 5.41) is 0. The fourth-order valence-corrected chi connectivity index (χ4v) is 2.83. The van der Waals surface area contributed by atoms with Gasteiger partial charge in [-0.15, -0.1) is 0 Å². The van der Waals surface area contributed by atoms with Crippen LogP contribution in [0, 0.1) is 0 Å². The molecular weight excluding hydrogens is 316 g/mol. The molecule has 1 aromatic carbocycles. The normalized spacial score (nSPS) is 35.0. The average Bonchev–Trinajstić information content (AvgIpc) is 3.03. The van der Waals surface area contributed by atoms with Crippen molar-refractivity contribution in [2.75, 3.05) is 13.7 Å². The van der Waals surface area contributed by atoms with Gasteiger partial charge in [0, 0.05) is 21.0 Å². The van der Waals surface area contributed by atoms with E-state index in [2.05, 4.69) is 0 Å². The zero-order valence-corrected chi connectivity index (χ0v) is 14.0. The third-order valence-electron chi connectivity index (χ3n) is 4.01. The minimum atomic E-state index is -1.20. The van der Waals surface area contributed by atoms with Gasteiger partial charge in [-0.3, -0.25) is 9.53 Å². The molecule has 2 saturated heterocycles. The van der Waals surface area contributed by atoms with E-state index in [0.717, 1.165) is 5.56 Å². The molecule has 2 aliphatic heterocycles. The lowest BCUT2D eigenvalue weighted by molar-refractivity contribution is -0.345. The Hall–Kier alpha value is -1.51. The summed E-state index contributed by atoms with van der Waals surface area (Å²) in [5.74, 6) is -1.62. The van der Waals surface area contributed by atoms with Crippen LogP contribution in [-0.4, -0.2) is 50.3 Å². The van der Waals surface area contributed by atoms with Crippen molar-refractivity contribution in [3.05, 3.63) is 35.9 Å². The van der Waals surface area contributed by atoms with Crippen LogP contribution < -0.4 is 0 Å². The van der Waals surface area contributed by atoms with Gasteiger partial charge in [0.25, 0.3) is 5.97 Å². The van der Waals surface area contributed by atoms with Gasteiger partial charge in [0.2, 0.25) is 0 Å². The highest BCUT2D eigenvalue weighted by molar-refractivity contribution is 5.66. The van der Waals surface area contributed by atoms with E-state index in [1.165, 1.54) is 14.0 Å². The second kappa shape index (κ2) is 7.16. The first-order valence-corrected chi connectivity index (χ1v) is 7.86. The largest absolute Gasteiger partial charge is 0.457 e. The Kier molecular flexibility index (Phi) is 5.17. The molecule has 0 aromatic heterocycles. The standard InChI is InChI=1S/C17H22O7/c1-11(18)21-14-13(10-20-9-12-7-5-4-6-8-12)22-16-15(14)23-17(2,19-3)24-16/h4-8,13-16H,9-10H2,1-3H3/t13-,14-,15-,16-,17?/m1/s1. The van der Waals surface area contributed by atoms with Gasteiger partial charge < -0.3 is 23.7 Å². The predicted molar refractivity (Wildman–Crippen MR) is 81.7 cm³/mol. The molecule has 0 spiro atoms. The molecule has 1 aromatic rings. The molecule has 3 rings (SSSR count). The van der Waals surface area contributed by atoms with Crippen LogP contribution in [0.4, 0.5) is 0 Å². The molecule has 0 amide bonds. The molecule has 132 valence electrons. The van der Waals surface area contributed by atoms with Crippen LogP contribution in [0.1, 0.15) is 19.4 Å². The minimum Gasteiger partial charge on any atom is -0.457 e. The van der Waals surface area contributed by atoms with E-state index in [-0.39, 0.29) is 6.61 Å². The summed E-state index contributed by atoms with van der Waals surface area (Å²) in [6.45, 7) is 3.69. The molecule has 0 saturated carbocycles. The van der Waals surface area contributed by atoms with Crippen LogP contribution in [-0.2, 0) is 39.8 Å². The second-order valence-electron chi connectivity index (χ2n) is 5.88. The number of benzene rings is 1. The summed E-state index contributed by atoms with van der Waals surface area (Å²) in [6.07, 6.45) is -2.29. The Bertz CT molecular complexity index is 563. The van der Waals surface area contributed by atoms with Gasteiger partial charge in [-0.2, -0.15) is 0 Å². The zero-order valence-electron chi connectivity index (χ0n) is 14.0. The number of carbonyl (C=O) groups excluding carboxylic acids is 1. The van der Waals surface area contributed by atoms with Crippen molar-refractivity contribution in [3.8, 4) is 0 Å². The minimum absolute atomic E-state index is 0.260. The molecule has 0 aliphatic carbocycles. The third kappa shape index (κ3) is 3.76. The van der Waals surface area contributed by atoms with Crippen LogP contribution in [0.5, 0.6) is 0 Å². The van der Waals surface area contributed by atoms with E-state index < -0.39 is 36.5 Å². The number of fused-ring (bicyclic) bond motifs is 1. The highest BCUT2D eigenvalue weighted by atomic mass is 16.9. The average molecular weight is 338 g/mol. The van der Waals surface area contributed by atoms with Crippen LogP contribution in [0.25, 0.3) is 0 Å². The number of hydrogen-bond acceptors (Lipinski definition) is 7. The Morgan fingerprint density at radius 1 is 1.25 bits per heavy atom.